The molecular formula is C12H24N2O8. The van der Waals surface area contributed by atoms with Crippen molar-refractivity contribution in [1.29, 1.82) is 0 Å². The van der Waals surface area contributed by atoms with Gasteiger partial charge < -0.3 is 31.9 Å². The zero-order valence-electron chi connectivity index (χ0n) is 12.9. The zero-order chi connectivity index (χ0) is 18.6. The summed E-state index contributed by atoms with van der Waals surface area (Å²) in [5, 5.41) is 32.5. The van der Waals surface area contributed by atoms with Crippen molar-refractivity contribution < 1.29 is 39.6 Å². The van der Waals surface area contributed by atoms with Gasteiger partial charge in [-0.1, -0.05) is 27.7 Å². The van der Waals surface area contributed by atoms with E-state index in [1.807, 2.05) is 0 Å². The first kappa shape index (κ1) is 24.8. The number of primary amides is 2. The van der Waals surface area contributed by atoms with Crippen LogP contribution in [0.2, 0.25) is 0 Å². The third-order valence-corrected chi connectivity index (χ3v) is 1.94. The van der Waals surface area contributed by atoms with E-state index in [0.29, 0.717) is 0 Å². The molecule has 0 bridgehead atoms. The summed E-state index contributed by atoms with van der Waals surface area (Å²) in [6.07, 6.45) is -4.53. The van der Waals surface area contributed by atoms with Crippen LogP contribution in [-0.4, -0.2) is 56.4 Å². The lowest BCUT2D eigenvalue weighted by atomic mass is 10.2. The molecule has 22 heavy (non-hydrogen) atoms. The zero-order valence-corrected chi connectivity index (χ0v) is 12.9. The summed E-state index contributed by atoms with van der Waals surface area (Å²) in [6, 6.07) is 0. The van der Waals surface area contributed by atoms with Gasteiger partial charge in [-0.3, -0.25) is 9.59 Å². The third kappa shape index (κ3) is 15.9. The van der Waals surface area contributed by atoms with Gasteiger partial charge in [0.2, 0.25) is 11.8 Å². The quantitative estimate of drug-likeness (QED) is 0.337. The Morgan fingerprint density at radius 1 is 0.682 bits per heavy atom. The van der Waals surface area contributed by atoms with Crippen molar-refractivity contribution >= 4 is 23.8 Å². The molecule has 10 nitrogen and oxygen atoms in total. The Hall–Kier alpha value is -2.20. The fourth-order valence-electron chi connectivity index (χ4n) is 0.270. The molecule has 2 atom stereocenters. The number of hydrogen-bond acceptors (Lipinski definition) is 6. The molecule has 0 spiro atoms. The van der Waals surface area contributed by atoms with Crippen LogP contribution in [0.4, 0.5) is 0 Å². The number of carboxylic acid groups (broad SMARTS) is 2. The maximum Gasteiger partial charge on any atom is 0.335 e. The number of nitrogens with two attached hydrogens (primary N) is 2. The number of carboxylic acids is 2. The van der Waals surface area contributed by atoms with E-state index in [4.69, 9.17) is 31.9 Å². The Labute approximate surface area is 127 Å². The predicted molar refractivity (Wildman–Crippen MR) is 75.4 cm³/mol. The monoisotopic (exact) mass is 324 g/mol. The number of aliphatic hydroxyl groups excluding tert-OH is 2. The van der Waals surface area contributed by atoms with Crippen LogP contribution in [0.3, 0.4) is 0 Å². The van der Waals surface area contributed by atoms with Crippen molar-refractivity contribution in [1.82, 2.24) is 0 Å². The molecule has 0 aromatic rings. The summed E-state index contributed by atoms with van der Waals surface area (Å²) in [5.41, 5.74) is 9.59. The number of hydrogen-bond donors (Lipinski definition) is 6. The van der Waals surface area contributed by atoms with Gasteiger partial charge in [-0.05, 0) is 0 Å². The van der Waals surface area contributed by atoms with Gasteiger partial charge in [-0.15, -0.1) is 0 Å². The fraction of sp³-hybridized carbons (Fsp3) is 0.667. The highest BCUT2D eigenvalue weighted by molar-refractivity contribution is 5.83. The van der Waals surface area contributed by atoms with E-state index in [1.165, 1.54) is 0 Å². The van der Waals surface area contributed by atoms with E-state index in [-0.39, 0.29) is 23.7 Å². The van der Waals surface area contributed by atoms with Crippen LogP contribution in [0.5, 0.6) is 0 Å². The van der Waals surface area contributed by atoms with E-state index in [2.05, 4.69) is 0 Å². The Morgan fingerprint density at radius 3 is 0.864 bits per heavy atom. The minimum Gasteiger partial charge on any atom is -0.479 e. The Kier molecular flexibility index (Phi) is 14.1. The smallest absolute Gasteiger partial charge is 0.335 e. The highest BCUT2D eigenvalue weighted by Gasteiger charge is 2.29. The average Bonchev–Trinajstić information content (AvgIpc) is 2.37. The average molecular weight is 324 g/mol. The number of rotatable bonds is 5. The summed E-state index contributed by atoms with van der Waals surface area (Å²) in [7, 11) is 0. The van der Waals surface area contributed by atoms with Crippen LogP contribution in [0, 0.1) is 11.8 Å². The van der Waals surface area contributed by atoms with Gasteiger partial charge in [0.1, 0.15) is 0 Å². The lowest BCUT2D eigenvalue weighted by Gasteiger charge is -2.07. The summed E-state index contributed by atoms with van der Waals surface area (Å²) in [5.74, 6) is -4.04. The van der Waals surface area contributed by atoms with Crippen LogP contribution in [0.25, 0.3) is 0 Å². The molecule has 0 aromatic carbocycles. The molecule has 0 rings (SSSR count). The first-order valence-corrected chi connectivity index (χ1v) is 6.15. The molecule has 2 unspecified atom stereocenters. The number of amides is 2. The molecule has 2 amide bonds. The molecule has 10 heteroatoms. The first-order valence-electron chi connectivity index (χ1n) is 6.15. The molecule has 0 saturated heterocycles. The lowest BCUT2D eigenvalue weighted by molar-refractivity contribution is -0.165. The fourth-order valence-corrected chi connectivity index (χ4v) is 0.270. The highest BCUT2D eigenvalue weighted by atomic mass is 16.4. The SMILES string of the molecule is CC(C)C(N)=O.CC(C)C(N)=O.O=C(O)C(O)C(O)C(=O)O. The molecule has 0 aliphatic rings. The molecule has 0 aliphatic heterocycles. The Bertz CT molecular complexity index is 345. The van der Waals surface area contributed by atoms with Crippen LogP contribution in [0.1, 0.15) is 27.7 Å². The summed E-state index contributed by atoms with van der Waals surface area (Å²) in [4.78, 5) is 39.4. The first-order chi connectivity index (χ1) is 9.75. The van der Waals surface area contributed by atoms with Crippen LogP contribution in [0.15, 0.2) is 0 Å². The maximum absolute atomic E-state index is 9.92. The van der Waals surface area contributed by atoms with Gasteiger partial charge in [0.15, 0.2) is 12.2 Å². The maximum atomic E-state index is 9.92. The van der Waals surface area contributed by atoms with Crippen molar-refractivity contribution in [3.8, 4) is 0 Å². The second-order valence-corrected chi connectivity index (χ2v) is 4.68. The van der Waals surface area contributed by atoms with Gasteiger partial charge >= 0.3 is 11.9 Å². The number of aliphatic carboxylic acids is 2. The highest BCUT2D eigenvalue weighted by Crippen LogP contribution is 1.92. The van der Waals surface area contributed by atoms with E-state index < -0.39 is 24.1 Å². The van der Waals surface area contributed by atoms with Crippen molar-refractivity contribution in [3.63, 3.8) is 0 Å². The molecule has 8 N–H and O–H groups in total. The summed E-state index contributed by atoms with van der Waals surface area (Å²) in [6.45, 7) is 7.06. The molecule has 0 heterocycles. The lowest BCUT2D eigenvalue weighted by Crippen LogP contribution is -2.39. The third-order valence-electron chi connectivity index (χ3n) is 1.94. The number of carbonyl (C=O) groups excluding carboxylic acids is 2. The van der Waals surface area contributed by atoms with Crippen molar-refractivity contribution in [3.05, 3.63) is 0 Å². The number of carbonyl (C=O) groups is 4. The second kappa shape index (κ2) is 12.5. The van der Waals surface area contributed by atoms with E-state index in [9.17, 15) is 19.2 Å². The van der Waals surface area contributed by atoms with E-state index in [1.54, 1.807) is 27.7 Å². The Morgan fingerprint density at radius 2 is 0.818 bits per heavy atom. The largest absolute Gasteiger partial charge is 0.479 e. The topological polar surface area (TPSA) is 201 Å². The summed E-state index contributed by atoms with van der Waals surface area (Å²) >= 11 is 0. The molecule has 0 fully saturated rings. The van der Waals surface area contributed by atoms with Crippen molar-refractivity contribution in [2.45, 2.75) is 39.9 Å². The standard InChI is InChI=1S/2C4H9NO.C4H6O6/c2*1-3(2)4(5)6;5-1(3(7)8)2(6)4(9)10/h2*3H,1-2H3,(H2,5,6);1-2,5-6H,(H,7,8)(H,9,10). The van der Waals surface area contributed by atoms with Gasteiger partial charge in [-0.25, -0.2) is 9.59 Å². The van der Waals surface area contributed by atoms with E-state index in [0.717, 1.165) is 0 Å². The van der Waals surface area contributed by atoms with Crippen LogP contribution < -0.4 is 11.5 Å². The number of aliphatic hydroxyl groups is 2. The Balaban J connectivity index is -0.000000261. The van der Waals surface area contributed by atoms with Crippen LogP contribution >= 0.6 is 0 Å². The molecule has 0 radical (unpaired) electrons. The van der Waals surface area contributed by atoms with Gasteiger partial charge in [0.05, 0.1) is 0 Å². The minimum atomic E-state index is -2.27. The second-order valence-electron chi connectivity index (χ2n) is 4.68. The van der Waals surface area contributed by atoms with Gasteiger partial charge in [-0.2, -0.15) is 0 Å². The predicted octanol–water partition coefficient (Wildman–Crippen LogP) is -1.87. The molecule has 0 aliphatic carbocycles. The molecule has 130 valence electrons. The van der Waals surface area contributed by atoms with E-state index >= 15 is 0 Å². The molecular weight excluding hydrogens is 300 g/mol. The molecule has 0 aromatic heterocycles. The van der Waals surface area contributed by atoms with Crippen molar-refractivity contribution in [2.24, 2.45) is 23.3 Å². The summed E-state index contributed by atoms with van der Waals surface area (Å²) < 4.78 is 0. The molecule has 0 saturated carbocycles. The minimum absolute atomic E-state index is 0.00926. The van der Waals surface area contributed by atoms with Crippen LogP contribution in [-0.2, 0) is 19.2 Å². The van der Waals surface area contributed by atoms with Gasteiger partial charge in [0.25, 0.3) is 0 Å². The van der Waals surface area contributed by atoms with Crippen molar-refractivity contribution in [2.75, 3.05) is 0 Å². The van der Waals surface area contributed by atoms with Gasteiger partial charge in [0, 0.05) is 11.8 Å². The normalized spacial score (nSPS) is 12.2.